The van der Waals surface area contributed by atoms with Gasteiger partial charge in [0.15, 0.2) is 5.65 Å². The van der Waals surface area contributed by atoms with E-state index in [2.05, 4.69) is 30.1 Å². The minimum absolute atomic E-state index is 0.284. The molecule has 7 nitrogen and oxygen atoms in total. The van der Waals surface area contributed by atoms with Gasteiger partial charge in [-0.15, -0.1) is 0 Å². The Balaban J connectivity index is 1.49. The molecule has 0 unspecified atom stereocenters. The number of ether oxygens (including phenoxy) is 1. The van der Waals surface area contributed by atoms with Gasteiger partial charge in [0, 0.05) is 51.6 Å². The smallest absolute Gasteiger partial charge is 0.155 e. The Kier molecular flexibility index (Phi) is 4.58. The molecule has 5 heterocycles. The van der Waals surface area contributed by atoms with Gasteiger partial charge < -0.3 is 9.72 Å². The summed E-state index contributed by atoms with van der Waals surface area (Å²) in [4.78, 5) is 16.8. The van der Waals surface area contributed by atoms with Crippen molar-refractivity contribution in [2.45, 2.75) is 6.92 Å². The summed E-state index contributed by atoms with van der Waals surface area (Å²) in [6.07, 6.45) is 6.93. The maximum Gasteiger partial charge on any atom is 0.155 e. The van der Waals surface area contributed by atoms with Gasteiger partial charge in [0.1, 0.15) is 17.3 Å². The zero-order chi connectivity index (χ0) is 23.2. The van der Waals surface area contributed by atoms with Gasteiger partial charge in [0.2, 0.25) is 0 Å². The summed E-state index contributed by atoms with van der Waals surface area (Å²) in [6, 6.07) is 12.8. The third kappa shape index (κ3) is 3.36. The van der Waals surface area contributed by atoms with E-state index in [4.69, 9.17) is 4.74 Å². The van der Waals surface area contributed by atoms with Crippen LogP contribution in [-0.4, -0.2) is 37.2 Å². The lowest BCUT2D eigenvalue weighted by Gasteiger charge is -2.04. The molecule has 166 valence electrons. The maximum atomic E-state index is 14.1. The van der Waals surface area contributed by atoms with Crippen molar-refractivity contribution in [3.05, 3.63) is 78.6 Å². The van der Waals surface area contributed by atoms with E-state index >= 15 is 0 Å². The average Bonchev–Trinajstić information content (AvgIpc) is 3.46. The van der Waals surface area contributed by atoms with Crippen molar-refractivity contribution in [1.82, 2.24) is 30.1 Å². The Labute approximate surface area is 193 Å². The van der Waals surface area contributed by atoms with Crippen LogP contribution in [0, 0.1) is 12.7 Å². The minimum atomic E-state index is -0.284. The highest BCUT2D eigenvalue weighted by Gasteiger charge is 2.16. The number of fused-ring (bicyclic) bond motifs is 2. The van der Waals surface area contributed by atoms with Crippen LogP contribution >= 0.6 is 0 Å². The van der Waals surface area contributed by atoms with Gasteiger partial charge >= 0.3 is 0 Å². The molecule has 5 aromatic heterocycles. The van der Waals surface area contributed by atoms with E-state index in [1.54, 1.807) is 31.9 Å². The molecule has 0 amide bonds. The molecule has 0 fully saturated rings. The van der Waals surface area contributed by atoms with Gasteiger partial charge in [-0.2, -0.15) is 5.10 Å². The van der Waals surface area contributed by atoms with E-state index < -0.39 is 0 Å². The van der Waals surface area contributed by atoms with Crippen molar-refractivity contribution < 1.29 is 9.13 Å². The van der Waals surface area contributed by atoms with Crippen molar-refractivity contribution in [2.75, 3.05) is 7.11 Å². The van der Waals surface area contributed by atoms with E-state index in [-0.39, 0.29) is 5.82 Å². The summed E-state index contributed by atoms with van der Waals surface area (Å²) in [5, 5.41) is 9.28. The molecule has 0 aliphatic heterocycles. The fourth-order valence-corrected chi connectivity index (χ4v) is 4.24. The Morgan fingerprint density at radius 3 is 2.59 bits per heavy atom. The number of hydrogen-bond donors (Lipinski definition) is 2. The monoisotopic (exact) mass is 450 g/mol. The van der Waals surface area contributed by atoms with Crippen LogP contribution in [0.3, 0.4) is 0 Å². The molecule has 0 aliphatic carbocycles. The van der Waals surface area contributed by atoms with Crippen molar-refractivity contribution >= 4 is 21.9 Å². The maximum absolute atomic E-state index is 14.1. The fraction of sp³-hybridized carbons (Fsp3) is 0.0769. The minimum Gasteiger partial charge on any atom is -0.495 e. The van der Waals surface area contributed by atoms with Crippen LogP contribution in [0.1, 0.15) is 5.56 Å². The van der Waals surface area contributed by atoms with Crippen LogP contribution < -0.4 is 4.74 Å². The molecular weight excluding hydrogens is 431 g/mol. The van der Waals surface area contributed by atoms with Crippen molar-refractivity contribution in [2.24, 2.45) is 0 Å². The summed E-state index contributed by atoms with van der Waals surface area (Å²) in [6.45, 7) is 1.87. The Morgan fingerprint density at radius 1 is 0.853 bits per heavy atom. The first-order valence-electron chi connectivity index (χ1n) is 10.7. The lowest BCUT2D eigenvalue weighted by atomic mass is 10.0. The summed E-state index contributed by atoms with van der Waals surface area (Å²) >= 11 is 0. The predicted molar refractivity (Wildman–Crippen MR) is 129 cm³/mol. The fourth-order valence-electron chi connectivity index (χ4n) is 4.24. The normalized spacial score (nSPS) is 11.4. The molecule has 0 radical (unpaired) electrons. The standard InChI is InChI=1S/C26H19FN6O/c1-14-5-15(7-18(27)6-14)24-20-10-23(31-22(20)3-4-29-24)25-21-9-17(12-30-26(21)33-32-25)16-8-19(34-2)13-28-11-16/h3-13,31H,1-2H3,(H,30,32,33). The van der Waals surface area contributed by atoms with Gasteiger partial charge in [-0.05, 0) is 55.0 Å². The number of aromatic amines is 2. The number of aryl methyl sites for hydroxylation is 1. The van der Waals surface area contributed by atoms with Gasteiger partial charge in [-0.3, -0.25) is 15.1 Å². The van der Waals surface area contributed by atoms with Crippen LogP contribution in [-0.2, 0) is 0 Å². The van der Waals surface area contributed by atoms with Gasteiger partial charge in [0.25, 0.3) is 0 Å². The van der Waals surface area contributed by atoms with E-state index in [0.29, 0.717) is 17.1 Å². The van der Waals surface area contributed by atoms with Gasteiger partial charge in [-0.25, -0.2) is 9.37 Å². The first-order valence-corrected chi connectivity index (χ1v) is 10.7. The molecule has 0 spiro atoms. The zero-order valence-electron chi connectivity index (χ0n) is 18.4. The van der Waals surface area contributed by atoms with Crippen molar-refractivity contribution in [3.63, 3.8) is 0 Å². The van der Waals surface area contributed by atoms with E-state index in [9.17, 15) is 4.39 Å². The largest absolute Gasteiger partial charge is 0.495 e. The van der Waals surface area contributed by atoms with Crippen LogP contribution in [0.4, 0.5) is 4.39 Å². The average molecular weight is 450 g/mol. The number of hydrogen-bond acceptors (Lipinski definition) is 5. The first-order chi connectivity index (χ1) is 16.6. The summed E-state index contributed by atoms with van der Waals surface area (Å²) < 4.78 is 19.4. The second-order valence-corrected chi connectivity index (χ2v) is 8.13. The molecule has 0 saturated heterocycles. The summed E-state index contributed by atoms with van der Waals surface area (Å²) in [5.74, 6) is 0.390. The quantitative estimate of drug-likeness (QED) is 0.360. The van der Waals surface area contributed by atoms with Crippen LogP contribution in [0.25, 0.3) is 55.7 Å². The van der Waals surface area contributed by atoms with Crippen LogP contribution in [0.5, 0.6) is 5.75 Å². The number of pyridine rings is 3. The molecule has 34 heavy (non-hydrogen) atoms. The van der Waals surface area contributed by atoms with Crippen molar-refractivity contribution in [1.29, 1.82) is 0 Å². The third-order valence-electron chi connectivity index (χ3n) is 5.82. The number of nitrogens with zero attached hydrogens (tertiary/aromatic N) is 4. The Bertz CT molecular complexity index is 1670. The topological polar surface area (TPSA) is 92.4 Å². The highest BCUT2D eigenvalue weighted by atomic mass is 19.1. The van der Waals surface area contributed by atoms with Crippen molar-refractivity contribution in [3.8, 4) is 39.5 Å². The number of methoxy groups -OCH3 is 1. The van der Waals surface area contributed by atoms with Gasteiger partial charge in [-0.1, -0.05) is 0 Å². The Morgan fingerprint density at radius 2 is 1.74 bits per heavy atom. The molecule has 0 saturated carbocycles. The molecule has 6 rings (SSSR count). The van der Waals surface area contributed by atoms with Crippen LogP contribution in [0.2, 0.25) is 0 Å². The van der Waals surface area contributed by atoms with Gasteiger partial charge in [0.05, 0.1) is 24.7 Å². The number of rotatable bonds is 4. The lowest BCUT2D eigenvalue weighted by molar-refractivity contribution is 0.413. The lowest BCUT2D eigenvalue weighted by Crippen LogP contribution is -1.87. The molecule has 2 N–H and O–H groups in total. The number of nitrogens with one attached hydrogen (secondary N) is 2. The summed E-state index contributed by atoms with van der Waals surface area (Å²) in [5.41, 5.74) is 7.18. The highest BCUT2D eigenvalue weighted by molar-refractivity contribution is 6.00. The molecule has 6 aromatic rings. The third-order valence-corrected chi connectivity index (χ3v) is 5.82. The predicted octanol–water partition coefficient (Wildman–Crippen LogP) is 5.69. The second-order valence-electron chi connectivity index (χ2n) is 8.13. The molecule has 8 heteroatoms. The molecule has 1 aromatic carbocycles. The van der Waals surface area contributed by atoms with E-state index in [1.807, 2.05) is 37.3 Å². The number of benzene rings is 1. The Hall–Kier alpha value is -4.59. The van der Waals surface area contributed by atoms with E-state index in [0.717, 1.165) is 49.9 Å². The number of aromatic nitrogens is 6. The first kappa shape index (κ1) is 20.0. The van der Waals surface area contributed by atoms with E-state index in [1.165, 1.54) is 12.1 Å². The van der Waals surface area contributed by atoms with Crippen LogP contribution in [0.15, 0.2) is 67.3 Å². The second kappa shape index (κ2) is 7.77. The molecule has 0 bridgehead atoms. The SMILES string of the molecule is COc1cncc(-c2cnc3[nH]nc(-c4cc5c(-c6cc(C)cc(F)c6)nccc5[nH]4)c3c2)c1. The summed E-state index contributed by atoms with van der Waals surface area (Å²) in [7, 11) is 1.61. The molecule has 0 aliphatic rings. The molecular formula is C26H19FN6O. The molecule has 0 atom stereocenters. The zero-order valence-corrected chi connectivity index (χ0v) is 18.4. The highest BCUT2D eigenvalue weighted by Crippen LogP contribution is 2.34. The number of H-pyrrole nitrogens is 2. The number of halogens is 1.